The van der Waals surface area contributed by atoms with Gasteiger partial charge in [0.1, 0.15) is 0 Å². The number of benzene rings is 2. The summed E-state index contributed by atoms with van der Waals surface area (Å²) < 4.78 is 30.7. The van der Waals surface area contributed by atoms with Crippen LogP contribution in [0.2, 0.25) is 0 Å². The summed E-state index contributed by atoms with van der Waals surface area (Å²) in [5.41, 5.74) is 2.51. The van der Waals surface area contributed by atoms with Crippen LogP contribution in [-0.2, 0) is 34.5 Å². The minimum Gasteiger partial charge on any atom is -0.338 e. The molecule has 4 rings (SSSR count). The van der Waals surface area contributed by atoms with Crippen LogP contribution in [0.25, 0.3) is 10.2 Å². The van der Waals surface area contributed by atoms with Crippen molar-refractivity contribution in [2.45, 2.75) is 44.3 Å². The third-order valence-corrected chi connectivity index (χ3v) is 7.71. The fourth-order valence-electron chi connectivity index (χ4n) is 3.73. The Hall–Kier alpha value is -2.49. The smallest absolute Gasteiger partial charge is 0.308 e. The van der Waals surface area contributed by atoms with Gasteiger partial charge < -0.3 is 4.90 Å². The first-order valence-electron chi connectivity index (χ1n) is 9.86. The molecular weight excluding hydrogens is 422 g/mol. The topological polar surface area (TPSA) is 88.5 Å². The van der Waals surface area contributed by atoms with Crippen LogP contribution in [0, 0.1) is 0 Å². The summed E-state index contributed by atoms with van der Waals surface area (Å²) in [6.07, 6.45) is 1.44. The van der Waals surface area contributed by atoms with Crippen molar-refractivity contribution in [1.29, 1.82) is 0 Å². The van der Waals surface area contributed by atoms with Crippen molar-refractivity contribution < 1.29 is 13.2 Å². The first kappa shape index (κ1) is 20.8. The Kier molecular flexibility index (Phi) is 5.77. The van der Waals surface area contributed by atoms with Crippen LogP contribution < -0.4 is 9.60 Å². The molecule has 0 radical (unpaired) electrons. The van der Waals surface area contributed by atoms with Gasteiger partial charge in [0, 0.05) is 32.6 Å². The average molecular weight is 446 g/mol. The second-order valence-electron chi connectivity index (χ2n) is 7.25. The van der Waals surface area contributed by atoms with Crippen molar-refractivity contribution in [3.8, 4) is 0 Å². The lowest BCUT2D eigenvalue weighted by atomic mass is 10.1. The van der Waals surface area contributed by atoms with Crippen LogP contribution >= 0.6 is 11.3 Å². The van der Waals surface area contributed by atoms with Gasteiger partial charge in [-0.25, -0.2) is 13.1 Å². The Bertz CT molecular complexity index is 1260. The molecule has 0 bridgehead atoms. The number of sulfonamides is 1. The number of amides is 1. The molecule has 1 N–H and O–H groups in total. The Balaban J connectivity index is 1.54. The van der Waals surface area contributed by atoms with Crippen LogP contribution in [0.15, 0.2) is 52.2 Å². The van der Waals surface area contributed by atoms with Gasteiger partial charge >= 0.3 is 4.87 Å². The van der Waals surface area contributed by atoms with Crippen LogP contribution in [0.5, 0.6) is 0 Å². The predicted molar refractivity (Wildman–Crippen MR) is 117 cm³/mol. The zero-order valence-corrected chi connectivity index (χ0v) is 18.3. The molecule has 0 saturated carbocycles. The monoisotopic (exact) mass is 445 g/mol. The standard InChI is InChI=1S/C21H23N3O4S2/c1-2-24-18-10-9-17(12-19(18)29-21(24)26)30(27,28)22-13-15-6-3-4-7-16(15)14-23-11-5-8-20(23)25/h3-4,6-7,9-10,12,22H,2,5,8,11,13-14H2,1H3. The molecule has 1 aromatic heterocycles. The summed E-state index contributed by atoms with van der Waals surface area (Å²) in [6, 6.07) is 12.3. The van der Waals surface area contributed by atoms with Crippen molar-refractivity contribution in [2.24, 2.45) is 0 Å². The minimum atomic E-state index is -3.75. The third-order valence-electron chi connectivity index (χ3n) is 5.37. The first-order valence-corrected chi connectivity index (χ1v) is 12.2. The molecule has 30 heavy (non-hydrogen) atoms. The molecule has 1 amide bonds. The molecule has 9 heteroatoms. The maximum absolute atomic E-state index is 12.9. The van der Waals surface area contributed by atoms with Gasteiger partial charge in [0.05, 0.1) is 15.1 Å². The van der Waals surface area contributed by atoms with E-state index in [-0.39, 0.29) is 22.2 Å². The second kappa shape index (κ2) is 8.33. The number of hydrogen-bond donors (Lipinski definition) is 1. The van der Waals surface area contributed by atoms with Crippen molar-refractivity contribution in [3.05, 3.63) is 63.3 Å². The third kappa shape index (κ3) is 4.05. The van der Waals surface area contributed by atoms with E-state index in [0.29, 0.717) is 24.2 Å². The highest BCUT2D eigenvalue weighted by atomic mass is 32.2. The molecule has 3 aromatic rings. The minimum absolute atomic E-state index is 0.0969. The molecule has 1 fully saturated rings. The Morgan fingerprint density at radius 3 is 2.57 bits per heavy atom. The van der Waals surface area contributed by atoms with Gasteiger partial charge in [-0.05, 0) is 42.7 Å². The highest BCUT2D eigenvalue weighted by Gasteiger charge is 2.22. The summed E-state index contributed by atoms with van der Waals surface area (Å²) in [5, 5.41) is 0. The van der Waals surface area contributed by atoms with E-state index in [2.05, 4.69) is 4.72 Å². The fraction of sp³-hybridized carbons (Fsp3) is 0.333. The van der Waals surface area contributed by atoms with Crippen molar-refractivity contribution in [3.63, 3.8) is 0 Å². The predicted octanol–water partition coefficient (Wildman–Crippen LogP) is 2.68. The Labute approximate surface area is 179 Å². The molecule has 0 spiro atoms. The highest BCUT2D eigenvalue weighted by molar-refractivity contribution is 7.89. The van der Waals surface area contributed by atoms with Gasteiger partial charge in [0.2, 0.25) is 15.9 Å². The zero-order chi connectivity index (χ0) is 21.3. The molecule has 0 aliphatic carbocycles. The lowest BCUT2D eigenvalue weighted by Gasteiger charge is -2.18. The quantitative estimate of drug-likeness (QED) is 0.606. The van der Waals surface area contributed by atoms with E-state index < -0.39 is 10.0 Å². The lowest BCUT2D eigenvalue weighted by molar-refractivity contribution is -0.128. The van der Waals surface area contributed by atoms with Crippen molar-refractivity contribution in [1.82, 2.24) is 14.2 Å². The van der Waals surface area contributed by atoms with Gasteiger partial charge in [0.25, 0.3) is 0 Å². The summed E-state index contributed by atoms with van der Waals surface area (Å²) in [7, 11) is -3.75. The van der Waals surface area contributed by atoms with Crippen LogP contribution in [0.1, 0.15) is 30.9 Å². The molecular formula is C21H23N3O4S2. The van der Waals surface area contributed by atoms with E-state index >= 15 is 0 Å². The Morgan fingerprint density at radius 2 is 1.87 bits per heavy atom. The number of likely N-dealkylation sites (tertiary alicyclic amines) is 1. The van der Waals surface area contributed by atoms with E-state index in [0.717, 1.165) is 40.9 Å². The average Bonchev–Trinajstić information content (AvgIpc) is 3.28. The van der Waals surface area contributed by atoms with E-state index in [1.54, 1.807) is 16.7 Å². The normalized spacial score (nSPS) is 14.7. The molecule has 2 heterocycles. The summed E-state index contributed by atoms with van der Waals surface area (Å²) in [6.45, 7) is 3.78. The Morgan fingerprint density at radius 1 is 1.10 bits per heavy atom. The summed E-state index contributed by atoms with van der Waals surface area (Å²) >= 11 is 1.05. The van der Waals surface area contributed by atoms with Crippen molar-refractivity contribution in [2.75, 3.05) is 6.54 Å². The van der Waals surface area contributed by atoms with Crippen molar-refractivity contribution >= 4 is 37.5 Å². The fourth-order valence-corrected chi connectivity index (χ4v) is 5.83. The molecule has 0 unspecified atom stereocenters. The van der Waals surface area contributed by atoms with E-state index in [1.807, 2.05) is 36.1 Å². The van der Waals surface area contributed by atoms with Gasteiger partial charge in [-0.1, -0.05) is 35.6 Å². The molecule has 7 nitrogen and oxygen atoms in total. The van der Waals surface area contributed by atoms with E-state index in [4.69, 9.17) is 0 Å². The number of fused-ring (bicyclic) bond motifs is 1. The summed E-state index contributed by atoms with van der Waals surface area (Å²) in [4.78, 5) is 25.8. The molecule has 2 aromatic carbocycles. The number of aromatic nitrogens is 1. The number of carbonyl (C=O) groups excluding carboxylic acids is 1. The van der Waals surface area contributed by atoms with Crippen LogP contribution in [-0.4, -0.2) is 30.3 Å². The lowest BCUT2D eigenvalue weighted by Crippen LogP contribution is -2.27. The SMILES string of the molecule is CCn1c(=O)sc2cc(S(=O)(=O)NCc3ccccc3CN3CCCC3=O)ccc21. The van der Waals surface area contributed by atoms with Gasteiger partial charge in [-0.3, -0.25) is 14.2 Å². The molecule has 0 atom stereocenters. The maximum atomic E-state index is 12.9. The van der Waals surface area contributed by atoms with Gasteiger partial charge in [-0.15, -0.1) is 0 Å². The number of nitrogens with zero attached hydrogens (tertiary/aromatic N) is 2. The highest BCUT2D eigenvalue weighted by Crippen LogP contribution is 2.22. The van der Waals surface area contributed by atoms with Crippen LogP contribution in [0.3, 0.4) is 0 Å². The molecule has 1 aliphatic heterocycles. The molecule has 158 valence electrons. The molecule has 1 saturated heterocycles. The number of hydrogen-bond acceptors (Lipinski definition) is 5. The van der Waals surface area contributed by atoms with Gasteiger partial charge in [0.15, 0.2) is 0 Å². The second-order valence-corrected chi connectivity index (χ2v) is 10.0. The van der Waals surface area contributed by atoms with E-state index in [1.165, 1.54) is 6.07 Å². The maximum Gasteiger partial charge on any atom is 0.308 e. The van der Waals surface area contributed by atoms with Gasteiger partial charge in [-0.2, -0.15) is 0 Å². The molecule has 1 aliphatic rings. The van der Waals surface area contributed by atoms with Crippen LogP contribution in [0.4, 0.5) is 0 Å². The summed E-state index contributed by atoms with van der Waals surface area (Å²) in [5.74, 6) is 0.136. The first-order chi connectivity index (χ1) is 14.4. The number of carbonyl (C=O) groups is 1. The number of rotatable bonds is 7. The number of nitrogens with one attached hydrogen (secondary N) is 1. The number of aryl methyl sites for hydroxylation is 1. The largest absolute Gasteiger partial charge is 0.338 e. The number of thiazole rings is 1. The van der Waals surface area contributed by atoms with E-state index in [9.17, 15) is 18.0 Å². The zero-order valence-electron chi connectivity index (χ0n) is 16.6.